The Balaban J connectivity index is 2.36. The van der Waals surface area contributed by atoms with Gasteiger partial charge in [-0.3, -0.25) is 14.4 Å². The molecule has 2 N–H and O–H groups in total. The number of hydrogen-bond acceptors (Lipinski definition) is 6. The molecule has 0 aliphatic rings. The van der Waals surface area contributed by atoms with E-state index in [-0.39, 0.29) is 22.7 Å². The third-order valence-corrected chi connectivity index (χ3v) is 4.23. The van der Waals surface area contributed by atoms with Gasteiger partial charge in [0, 0.05) is 16.7 Å². The monoisotopic (exact) mass is 384 g/mol. The van der Waals surface area contributed by atoms with Gasteiger partial charge >= 0.3 is 0 Å². The first-order chi connectivity index (χ1) is 12.9. The van der Waals surface area contributed by atoms with Gasteiger partial charge in [0.25, 0.3) is 0 Å². The molecule has 0 atom stereocenters. The highest BCUT2D eigenvalue weighted by Crippen LogP contribution is 2.26. The van der Waals surface area contributed by atoms with E-state index in [9.17, 15) is 24.6 Å². The maximum atomic E-state index is 12.8. The minimum Gasteiger partial charge on any atom is -0.496 e. The lowest BCUT2D eigenvalue weighted by atomic mass is 9.93. The standard InChI is InChI=1S/C22H24O6/c1-21(2,26)19(24)14-8-6-13(7-9-14)18(23)16-11-10-15(12-17(16)28-5)20(25)22(3,4)27/h6-12,26-27H,1-5H3. The van der Waals surface area contributed by atoms with Gasteiger partial charge in [-0.2, -0.15) is 0 Å². The summed E-state index contributed by atoms with van der Waals surface area (Å²) >= 11 is 0. The fraction of sp³-hybridized carbons (Fsp3) is 0.318. The van der Waals surface area contributed by atoms with Crippen LogP contribution in [-0.2, 0) is 0 Å². The van der Waals surface area contributed by atoms with Crippen LogP contribution in [0.2, 0.25) is 0 Å². The number of carbonyl (C=O) groups is 3. The molecular formula is C22H24O6. The van der Waals surface area contributed by atoms with Crippen molar-refractivity contribution in [2.75, 3.05) is 7.11 Å². The summed E-state index contributed by atoms with van der Waals surface area (Å²) in [5.41, 5.74) is -1.95. The van der Waals surface area contributed by atoms with Gasteiger partial charge in [0.2, 0.25) is 0 Å². The van der Waals surface area contributed by atoms with Gasteiger partial charge in [-0.05, 0) is 39.8 Å². The van der Waals surface area contributed by atoms with Crippen LogP contribution in [0.1, 0.15) is 64.3 Å². The number of rotatable bonds is 7. The maximum absolute atomic E-state index is 12.8. The number of ketones is 3. The third kappa shape index (κ3) is 4.52. The molecule has 0 aliphatic heterocycles. The van der Waals surface area contributed by atoms with E-state index in [1.54, 1.807) is 0 Å². The van der Waals surface area contributed by atoms with Gasteiger partial charge in [-0.15, -0.1) is 0 Å². The molecule has 0 heterocycles. The van der Waals surface area contributed by atoms with Crippen molar-refractivity contribution in [2.45, 2.75) is 38.9 Å². The number of benzene rings is 2. The summed E-state index contributed by atoms with van der Waals surface area (Å²) in [5, 5.41) is 19.7. The molecule has 6 nitrogen and oxygen atoms in total. The molecule has 148 valence electrons. The van der Waals surface area contributed by atoms with Crippen LogP contribution in [-0.4, -0.2) is 45.9 Å². The van der Waals surface area contributed by atoms with Crippen LogP contribution in [0.4, 0.5) is 0 Å². The van der Waals surface area contributed by atoms with Crippen molar-refractivity contribution in [3.05, 3.63) is 64.7 Å². The summed E-state index contributed by atoms with van der Waals surface area (Å²) in [6, 6.07) is 10.3. The Morgan fingerprint density at radius 2 is 1.18 bits per heavy atom. The zero-order valence-corrected chi connectivity index (χ0v) is 16.6. The predicted octanol–water partition coefficient (Wildman–Crippen LogP) is 2.83. The van der Waals surface area contributed by atoms with Crippen LogP contribution in [0.3, 0.4) is 0 Å². The first-order valence-electron chi connectivity index (χ1n) is 8.73. The number of hydrogen-bond donors (Lipinski definition) is 2. The lowest BCUT2D eigenvalue weighted by Crippen LogP contribution is -2.31. The lowest BCUT2D eigenvalue weighted by Gasteiger charge is -2.17. The zero-order valence-electron chi connectivity index (χ0n) is 16.6. The van der Waals surface area contributed by atoms with E-state index in [1.807, 2.05) is 0 Å². The smallest absolute Gasteiger partial charge is 0.196 e. The summed E-state index contributed by atoms with van der Waals surface area (Å²) in [4.78, 5) is 37.2. The van der Waals surface area contributed by atoms with E-state index in [2.05, 4.69) is 0 Å². The van der Waals surface area contributed by atoms with Crippen LogP contribution in [0.15, 0.2) is 42.5 Å². The molecule has 28 heavy (non-hydrogen) atoms. The normalized spacial score (nSPS) is 11.8. The molecule has 0 fully saturated rings. The minimum atomic E-state index is -1.54. The average Bonchev–Trinajstić information content (AvgIpc) is 2.64. The van der Waals surface area contributed by atoms with Crippen LogP contribution in [0.25, 0.3) is 0 Å². The topological polar surface area (TPSA) is 101 Å². The lowest BCUT2D eigenvalue weighted by molar-refractivity contribution is 0.0487. The van der Waals surface area contributed by atoms with Gasteiger partial charge in [0.15, 0.2) is 17.3 Å². The Kier molecular flexibility index (Phi) is 5.87. The van der Waals surface area contributed by atoms with Crippen molar-refractivity contribution in [1.29, 1.82) is 0 Å². The molecule has 0 unspecified atom stereocenters. The number of Topliss-reactive ketones (excluding diaryl/α,β-unsaturated/α-hetero) is 2. The van der Waals surface area contributed by atoms with Crippen molar-refractivity contribution in [3.8, 4) is 5.75 Å². The van der Waals surface area contributed by atoms with Gasteiger partial charge in [0.1, 0.15) is 17.0 Å². The fourth-order valence-electron chi connectivity index (χ4n) is 2.65. The van der Waals surface area contributed by atoms with Crippen LogP contribution < -0.4 is 4.74 Å². The number of ether oxygens (including phenoxy) is 1. The molecule has 0 saturated carbocycles. The largest absolute Gasteiger partial charge is 0.496 e. The summed E-state index contributed by atoms with van der Waals surface area (Å²) < 4.78 is 5.26. The van der Waals surface area contributed by atoms with E-state index in [4.69, 9.17) is 4.74 Å². The summed E-state index contributed by atoms with van der Waals surface area (Å²) in [6.07, 6.45) is 0. The molecule has 0 aliphatic carbocycles. The van der Waals surface area contributed by atoms with Gasteiger partial charge < -0.3 is 14.9 Å². The van der Waals surface area contributed by atoms with Gasteiger partial charge in [0.05, 0.1) is 12.7 Å². The number of carbonyl (C=O) groups excluding carboxylic acids is 3. The average molecular weight is 384 g/mol. The summed E-state index contributed by atoms with van der Waals surface area (Å²) in [5.74, 6) is -1.07. The van der Waals surface area contributed by atoms with E-state index < -0.39 is 22.8 Å². The summed E-state index contributed by atoms with van der Waals surface area (Å²) in [6.45, 7) is 5.57. The molecule has 6 heteroatoms. The van der Waals surface area contributed by atoms with Crippen molar-refractivity contribution < 1.29 is 29.3 Å². The fourth-order valence-corrected chi connectivity index (χ4v) is 2.65. The molecule has 0 radical (unpaired) electrons. The molecule has 2 aromatic rings. The highest BCUT2D eigenvalue weighted by atomic mass is 16.5. The molecular weight excluding hydrogens is 360 g/mol. The Morgan fingerprint density at radius 1 is 0.750 bits per heavy atom. The molecule has 2 rings (SSSR count). The molecule has 2 aromatic carbocycles. The second-order valence-electron chi connectivity index (χ2n) is 7.60. The minimum absolute atomic E-state index is 0.205. The quantitative estimate of drug-likeness (QED) is 0.712. The number of methoxy groups -OCH3 is 1. The first-order valence-corrected chi connectivity index (χ1v) is 8.73. The highest BCUT2D eigenvalue weighted by molar-refractivity contribution is 6.12. The van der Waals surface area contributed by atoms with Crippen LogP contribution >= 0.6 is 0 Å². The molecule has 0 saturated heterocycles. The Labute approximate surface area is 163 Å². The zero-order chi connectivity index (χ0) is 21.3. The van der Waals surface area contributed by atoms with E-state index in [1.165, 1.54) is 77.3 Å². The second-order valence-corrected chi connectivity index (χ2v) is 7.60. The molecule has 0 bridgehead atoms. The van der Waals surface area contributed by atoms with Crippen molar-refractivity contribution >= 4 is 17.3 Å². The Hall–Kier alpha value is -2.83. The van der Waals surface area contributed by atoms with Gasteiger partial charge in [-0.1, -0.05) is 30.3 Å². The highest BCUT2D eigenvalue weighted by Gasteiger charge is 2.27. The SMILES string of the molecule is COc1cc(C(=O)C(C)(C)O)ccc1C(=O)c1ccc(C(=O)C(C)(C)O)cc1. The summed E-state index contributed by atoms with van der Waals surface area (Å²) in [7, 11) is 1.38. The Morgan fingerprint density at radius 3 is 1.64 bits per heavy atom. The third-order valence-electron chi connectivity index (χ3n) is 4.23. The van der Waals surface area contributed by atoms with Crippen molar-refractivity contribution in [2.24, 2.45) is 0 Å². The molecule has 0 aromatic heterocycles. The second kappa shape index (κ2) is 7.66. The van der Waals surface area contributed by atoms with Crippen LogP contribution in [0, 0.1) is 0 Å². The molecule has 0 spiro atoms. The van der Waals surface area contributed by atoms with Crippen molar-refractivity contribution in [3.63, 3.8) is 0 Å². The predicted molar refractivity (Wildman–Crippen MR) is 104 cm³/mol. The maximum Gasteiger partial charge on any atom is 0.196 e. The first kappa shape index (κ1) is 21.5. The Bertz CT molecular complexity index is 912. The van der Waals surface area contributed by atoms with Crippen LogP contribution in [0.5, 0.6) is 5.75 Å². The number of aliphatic hydroxyl groups is 2. The van der Waals surface area contributed by atoms with E-state index in [0.29, 0.717) is 11.1 Å². The van der Waals surface area contributed by atoms with E-state index in [0.717, 1.165) is 0 Å². The van der Waals surface area contributed by atoms with E-state index >= 15 is 0 Å². The van der Waals surface area contributed by atoms with Gasteiger partial charge in [-0.25, -0.2) is 0 Å². The molecule has 0 amide bonds. The van der Waals surface area contributed by atoms with Crippen molar-refractivity contribution in [1.82, 2.24) is 0 Å².